The summed E-state index contributed by atoms with van der Waals surface area (Å²) >= 11 is 0. The van der Waals surface area contributed by atoms with E-state index in [9.17, 15) is 0 Å². The van der Waals surface area contributed by atoms with E-state index in [4.69, 9.17) is 5.11 Å². The van der Waals surface area contributed by atoms with Crippen LogP contribution < -0.4 is 5.32 Å². The summed E-state index contributed by atoms with van der Waals surface area (Å²) in [6.45, 7) is 3.46. The highest BCUT2D eigenvalue weighted by Crippen LogP contribution is 2.19. The number of hydrogen-bond donors (Lipinski definition) is 2. The van der Waals surface area contributed by atoms with Crippen LogP contribution in [0.2, 0.25) is 0 Å². The quantitative estimate of drug-likeness (QED) is 0.760. The van der Waals surface area contributed by atoms with Crippen molar-refractivity contribution in [3.63, 3.8) is 0 Å². The average molecular weight is 226 g/mol. The molecule has 3 nitrogen and oxygen atoms in total. The van der Waals surface area contributed by atoms with Gasteiger partial charge in [0.1, 0.15) is 0 Å². The summed E-state index contributed by atoms with van der Waals surface area (Å²) in [6, 6.07) is 1.44. The van der Waals surface area contributed by atoms with Crippen LogP contribution >= 0.6 is 0 Å². The molecule has 0 aromatic rings. The first-order chi connectivity index (χ1) is 7.88. The molecule has 1 saturated heterocycles. The van der Waals surface area contributed by atoms with Gasteiger partial charge in [0.25, 0.3) is 0 Å². The summed E-state index contributed by atoms with van der Waals surface area (Å²) < 4.78 is 0. The molecule has 0 spiro atoms. The van der Waals surface area contributed by atoms with Gasteiger partial charge in [-0.3, -0.25) is 4.90 Å². The molecule has 1 heterocycles. The molecule has 2 rings (SSSR count). The fourth-order valence-corrected chi connectivity index (χ4v) is 3.14. The molecule has 1 saturated carbocycles. The number of nitrogens with zero attached hydrogens (tertiary/aromatic N) is 1. The number of piperidine rings is 1. The Morgan fingerprint density at radius 2 is 1.75 bits per heavy atom. The van der Waals surface area contributed by atoms with E-state index in [0.717, 1.165) is 19.1 Å². The number of likely N-dealkylation sites (tertiary alicyclic amines) is 1. The monoisotopic (exact) mass is 226 g/mol. The Labute approximate surface area is 99.2 Å². The van der Waals surface area contributed by atoms with Crippen molar-refractivity contribution in [2.24, 2.45) is 0 Å². The zero-order valence-electron chi connectivity index (χ0n) is 10.3. The van der Waals surface area contributed by atoms with Crippen molar-refractivity contribution in [1.82, 2.24) is 10.2 Å². The summed E-state index contributed by atoms with van der Waals surface area (Å²) in [7, 11) is 0. The van der Waals surface area contributed by atoms with Gasteiger partial charge in [-0.2, -0.15) is 0 Å². The highest BCUT2D eigenvalue weighted by atomic mass is 16.3. The Hall–Kier alpha value is -0.120. The van der Waals surface area contributed by atoms with Crippen molar-refractivity contribution in [2.45, 2.75) is 57.0 Å². The fourth-order valence-electron chi connectivity index (χ4n) is 3.14. The number of hydrogen-bond acceptors (Lipinski definition) is 3. The average Bonchev–Trinajstić information content (AvgIpc) is 2.31. The maximum Gasteiger partial charge on any atom is 0.0558 e. The van der Waals surface area contributed by atoms with E-state index >= 15 is 0 Å². The van der Waals surface area contributed by atoms with Gasteiger partial charge in [-0.25, -0.2) is 0 Å². The van der Waals surface area contributed by atoms with Gasteiger partial charge in [0.2, 0.25) is 0 Å². The minimum Gasteiger partial charge on any atom is -0.395 e. The molecule has 1 aliphatic carbocycles. The third kappa shape index (κ3) is 3.72. The molecule has 16 heavy (non-hydrogen) atoms. The lowest BCUT2D eigenvalue weighted by molar-refractivity contribution is 0.143. The summed E-state index contributed by atoms with van der Waals surface area (Å²) in [4.78, 5) is 2.39. The molecule has 2 fully saturated rings. The van der Waals surface area contributed by atoms with Gasteiger partial charge < -0.3 is 10.4 Å². The maximum absolute atomic E-state index is 8.96. The van der Waals surface area contributed by atoms with Gasteiger partial charge in [0, 0.05) is 25.2 Å². The molecule has 2 N–H and O–H groups in total. The molecule has 1 unspecified atom stereocenters. The second-order valence-corrected chi connectivity index (χ2v) is 5.36. The minimum absolute atomic E-state index is 0.302. The zero-order valence-corrected chi connectivity index (χ0v) is 10.3. The van der Waals surface area contributed by atoms with Crippen molar-refractivity contribution in [3.05, 3.63) is 0 Å². The van der Waals surface area contributed by atoms with E-state index in [-0.39, 0.29) is 0 Å². The van der Waals surface area contributed by atoms with E-state index in [2.05, 4.69) is 10.2 Å². The minimum atomic E-state index is 0.302. The normalized spacial score (nSPS) is 29.4. The van der Waals surface area contributed by atoms with Crippen LogP contribution in [0.5, 0.6) is 0 Å². The molecule has 0 amide bonds. The van der Waals surface area contributed by atoms with Crippen molar-refractivity contribution in [3.8, 4) is 0 Å². The van der Waals surface area contributed by atoms with Crippen LogP contribution in [0.1, 0.15) is 44.9 Å². The molecular weight excluding hydrogens is 200 g/mol. The molecule has 2 aliphatic rings. The van der Waals surface area contributed by atoms with Gasteiger partial charge in [-0.05, 0) is 32.2 Å². The van der Waals surface area contributed by atoms with E-state index in [1.54, 1.807) is 0 Å². The van der Waals surface area contributed by atoms with Gasteiger partial charge >= 0.3 is 0 Å². The lowest BCUT2D eigenvalue weighted by Crippen LogP contribution is -2.50. The van der Waals surface area contributed by atoms with Gasteiger partial charge in [-0.1, -0.05) is 19.3 Å². The van der Waals surface area contributed by atoms with Crippen molar-refractivity contribution < 1.29 is 5.11 Å². The topological polar surface area (TPSA) is 35.5 Å². The second-order valence-electron chi connectivity index (χ2n) is 5.36. The van der Waals surface area contributed by atoms with Crippen LogP contribution in [0.3, 0.4) is 0 Å². The number of rotatable bonds is 4. The second kappa shape index (κ2) is 6.58. The van der Waals surface area contributed by atoms with Crippen LogP contribution in [-0.2, 0) is 0 Å². The van der Waals surface area contributed by atoms with Gasteiger partial charge in [0.05, 0.1) is 6.61 Å². The van der Waals surface area contributed by atoms with E-state index in [0.29, 0.717) is 12.6 Å². The molecule has 0 aromatic heterocycles. The number of aliphatic hydroxyl groups is 1. The van der Waals surface area contributed by atoms with Crippen LogP contribution in [0, 0.1) is 0 Å². The van der Waals surface area contributed by atoms with E-state index in [1.807, 2.05) is 0 Å². The smallest absolute Gasteiger partial charge is 0.0558 e. The molecule has 0 radical (unpaired) electrons. The Balaban J connectivity index is 1.71. The predicted molar refractivity (Wildman–Crippen MR) is 66.6 cm³/mol. The number of aliphatic hydroxyl groups excluding tert-OH is 1. The molecule has 0 bridgehead atoms. The summed E-state index contributed by atoms with van der Waals surface area (Å²) in [5.41, 5.74) is 0. The highest BCUT2D eigenvalue weighted by molar-refractivity contribution is 4.82. The van der Waals surface area contributed by atoms with Gasteiger partial charge in [0.15, 0.2) is 0 Å². The SMILES string of the molecule is OCCN1CCCC(NC2CCCCC2)C1. The fraction of sp³-hybridized carbons (Fsp3) is 1.00. The van der Waals surface area contributed by atoms with Gasteiger partial charge in [-0.15, -0.1) is 0 Å². The first-order valence-corrected chi connectivity index (χ1v) is 6.98. The standard InChI is InChI=1S/C13H26N2O/c16-10-9-15-8-4-7-13(11-15)14-12-5-2-1-3-6-12/h12-14,16H,1-11H2. The molecule has 94 valence electrons. The lowest BCUT2D eigenvalue weighted by Gasteiger charge is -2.36. The largest absolute Gasteiger partial charge is 0.395 e. The predicted octanol–water partition coefficient (Wildman–Crippen LogP) is 1.37. The van der Waals surface area contributed by atoms with Crippen LogP contribution in [0.25, 0.3) is 0 Å². The molecule has 1 atom stereocenters. The Kier molecular flexibility index (Phi) is 5.07. The van der Waals surface area contributed by atoms with Crippen molar-refractivity contribution in [2.75, 3.05) is 26.2 Å². The van der Waals surface area contributed by atoms with Crippen LogP contribution in [-0.4, -0.2) is 48.3 Å². The van der Waals surface area contributed by atoms with Crippen molar-refractivity contribution >= 4 is 0 Å². The highest BCUT2D eigenvalue weighted by Gasteiger charge is 2.22. The van der Waals surface area contributed by atoms with Crippen LogP contribution in [0.4, 0.5) is 0 Å². The van der Waals surface area contributed by atoms with E-state index in [1.165, 1.54) is 51.5 Å². The zero-order chi connectivity index (χ0) is 11.2. The third-order valence-corrected chi connectivity index (χ3v) is 4.00. The Morgan fingerprint density at radius 3 is 2.50 bits per heavy atom. The summed E-state index contributed by atoms with van der Waals surface area (Å²) in [5.74, 6) is 0. The third-order valence-electron chi connectivity index (χ3n) is 4.00. The Morgan fingerprint density at radius 1 is 1.00 bits per heavy atom. The number of β-amino-alcohol motifs (C(OH)–C–C–N with tert-alkyl or cyclic N) is 1. The lowest BCUT2D eigenvalue weighted by atomic mass is 9.94. The first kappa shape index (κ1) is 12.3. The van der Waals surface area contributed by atoms with E-state index < -0.39 is 0 Å². The maximum atomic E-state index is 8.96. The molecule has 1 aliphatic heterocycles. The molecular formula is C13H26N2O. The molecule has 3 heteroatoms. The van der Waals surface area contributed by atoms with Crippen LogP contribution in [0.15, 0.2) is 0 Å². The summed E-state index contributed by atoms with van der Waals surface area (Å²) in [6.07, 6.45) is 9.59. The number of nitrogens with one attached hydrogen (secondary N) is 1. The molecule has 0 aromatic carbocycles. The van der Waals surface area contributed by atoms with Crippen molar-refractivity contribution in [1.29, 1.82) is 0 Å². The summed E-state index contributed by atoms with van der Waals surface area (Å²) in [5, 5.41) is 12.8. The first-order valence-electron chi connectivity index (χ1n) is 6.98. The Bertz CT molecular complexity index is 190.